The molecule has 0 bridgehead atoms. The van der Waals surface area contributed by atoms with Crippen LogP contribution in [0.2, 0.25) is 0 Å². The van der Waals surface area contributed by atoms with Crippen LogP contribution in [0.1, 0.15) is 83.2 Å². The molecule has 0 saturated carbocycles. The van der Waals surface area contributed by atoms with Gasteiger partial charge in [-0.05, 0) is 67.0 Å². The van der Waals surface area contributed by atoms with Crippen LogP contribution >= 0.6 is 0 Å². The first-order chi connectivity index (χ1) is 20.0. The molecule has 0 amide bonds. The molecule has 0 aliphatic heterocycles. The van der Waals surface area contributed by atoms with Gasteiger partial charge in [-0.25, -0.2) is 11.1 Å². The van der Waals surface area contributed by atoms with Crippen LogP contribution in [0.5, 0.6) is 0 Å². The Hall–Kier alpha value is -2.10. The fraction of sp³-hybridized carbons (Fsp3) is 0.385. The molecule has 0 saturated heterocycles. The van der Waals surface area contributed by atoms with Gasteiger partial charge in [-0.2, -0.15) is 42.5 Å². The Labute approximate surface area is 284 Å². The number of benzene rings is 4. The second-order valence-corrected chi connectivity index (χ2v) is 9.44. The molecule has 1 aliphatic carbocycles. The van der Waals surface area contributed by atoms with E-state index >= 15 is 0 Å². The summed E-state index contributed by atoms with van der Waals surface area (Å²) in [7, 11) is 6.43. The summed E-state index contributed by atoms with van der Waals surface area (Å²) in [5.74, 6) is 0. The fourth-order valence-corrected chi connectivity index (χ4v) is 4.84. The molecule has 0 aromatic heterocycles. The molecule has 225 valence electrons. The number of hydrogen-bond donors (Lipinski definition) is 0. The van der Waals surface area contributed by atoms with Gasteiger partial charge in [0.2, 0.25) is 0 Å². The van der Waals surface area contributed by atoms with E-state index in [1.807, 2.05) is 73.6 Å². The maximum absolute atomic E-state index is 3.57. The van der Waals surface area contributed by atoms with Crippen LogP contribution < -0.4 is 0 Å². The first-order valence-electron chi connectivity index (χ1n) is 15.6. The van der Waals surface area contributed by atoms with Crippen molar-refractivity contribution in [2.75, 3.05) is 21.1 Å². The summed E-state index contributed by atoms with van der Waals surface area (Å²) in [6.07, 6.45) is 1.04. The quantitative estimate of drug-likeness (QED) is 0.164. The standard InChI is InChI=1S/C31H30N2.4C2H6.Y/c1-32(2)20-25-12-14-28-19-29-17-24(13-15-30(29)31(28)18-25)22-33(3)21-23-8-7-11-27(16-23)26-9-5-4-6-10-26;4*1-2;/h4-9,11-15,17-18H,19-22H2,1-3H3;4*1-2H3;/q-2;;;;;. The fourth-order valence-electron chi connectivity index (χ4n) is 4.84. The van der Waals surface area contributed by atoms with Crippen molar-refractivity contribution in [1.29, 1.82) is 0 Å². The molecule has 0 spiro atoms. The van der Waals surface area contributed by atoms with Crippen LogP contribution in [0.4, 0.5) is 0 Å². The van der Waals surface area contributed by atoms with Crippen molar-refractivity contribution in [3.63, 3.8) is 0 Å². The third-order valence-electron chi connectivity index (χ3n) is 6.26. The summed E-state index contributed by atoms with van der Waals surface area (Å²) >= 11 is 0. The molecule has 2 nitrogen and oxygen atoms in total. The zero-order chi connectivity index (χ0) is 30.8. The van der Waals surface area contributed by atoms with Gasteiger partial charge < -0.3 is 4.90 Å². The molecular formula is C39H54N2Y-2. The zero-order valence-corrected chi connectivity index (χ0v) is 31.1. The van der Waals surface area contributed by atoms with Gasteiger partial charge in [-0.3, -0.25) is 4.90 Å². The van der Waals surface area contributed by atoms with Gasteiger partial charge in [0.25, 0.3) is 0 Å². The van der Waals surface area contributed by atoms with Gasteiger partial charge in [0, 0.05) is 52.3 Å². The number of hydrogen-bond acceptors (Lipinski definition) is 2. The second kappa shape index (κ2) is 22.4. The molecule has 0 fully saturated rings. The van der Waals surface area contributed by atoms with E-state index in [1.54, 1.807) is 0 Å². The van der Waals surface area contributed by atoms with Crippen LogP contribution in [0.15, 0.2) is 78.9 Å². The summed E-state index contributed by atoms with van der Waals surface area (Å²) < 4.78 is 0. The van der Waals surface area contributed by atoms with E-state index in [9.17, 15) is 0 Å². The molecule has 4 aromatic carbocycles. The molecule has 0 unspecified atom stereocenters. The Balaban J connectivity index is 0.00000173. The molecule has 5 rings (SSSR count). The Morgan fingerprint density at radius 2 is 1.24 bits per heavy atom. The van der Waals surface area contributed by atoms with Gasteiger partial charge in [0.1, 0.15) is 0 Å². The molecule has 0 atom stereocenters. The average molecular weight is 640 g/mol. The van der Waals surface area contributed by atoms with Crippen LogP contribution in [-0.2, 0) is 58.8 Å². The average Bonchev–Trinajstić information content (AvgIpc) is 3.38. The predicted octanol–water partition coefficient (Wildman–Crippen LogP) is 10.3. The van der Waals surface area contributed by atoms with Crippen LogP contribution in [0, 0.1) is 12.1 Å². The first kappa shape index (κ1) is 39.9. The normalized spacial score (nSPS) is 10.2. The number of rotatable bonds is 7. The molecule has 4 aromatic rings. The first-order valence-corrected chi connectivity index (χ1v) is 15.6. The van der Waals surface area contributed by atoms with E-state index < -0.39 is 0 Å². The third-order valence-corrected chi connectivity index (χ3v) is 6.26. The number of fused-ring (bicyclic) bond motifs is 3. The largest absolute Gasteiger partial charge is 0.305 e. The van der Waals surface area contributed by atoms with Crippen LogP contribution in [-0.4, -0.2) is 30.9 Å². The minimum absolute atomic E-state index is 0. The van der Waals surface area contributed by atoms with Crippen molar-refractivity contribution in [3.8, 4) is 22.3 Å². The van der Waals surface area contributed by atoms with E-state index in [0.717, 1.165) is 37.2 Å². The van der Waals surface area contributed by atoms with E-state index in [-0.39, 0.29) is 32.7 Å². The van der Waals surface area contributed by atoms with Gasteiger partial charge in [-0.1, -0.05) is 85.7 Å². The Morgan fingerprint density at radius 3 is 1.88 bits per heavy atom. The topological polar surface area (TPSA) is 6.48 Å². The van der Waals surface area contributed by atoms with E-state index in [0.29, 0.717) is 0 Å². The smallest absolute Gasteiger partial charge is 0.0233 e. The minimum atomic E-state index is 0. The minimum Gasteiger partial charge on any atom is -0.305 e. The Bertz CT molecular complexity index is 1260. The Morgan fingerprint density at radius 1 is 0.595 bits per heavy atom. The molecule has 0 heterocycles. The van der Waals surface area contributed by atoms with Gasteiger partial charge in [0.05, 0.1) is 0 Å². The number of nitrogens with zero attached hydrogens (tertiary/aromatic N) is 2. The SMILES string of the molecule is CC.CC.CC.CC.CN(C)Cc1ccc2c(c1)-c1ccc(CN(C)Cc3[c-]c(-c4[c-]cccc4)ccc3)cc1C2.[Y]. The Kier molecular flexibility index (Phi) is 21.3. The molecule has 42 heavy (non-hydrogen) atoms. The van der Waals surface area contributed by atoms with Gasteiger partial charge >= 0.3 is 0 Å². The molecule has 0 N–H and O–H groups in total. The third kappa shape index (κ3) is 11.9. The molecular weight excluding hydrogens is 585 g/mol. The zero-order valence-electron chi connectivity index (χ0n) is 28.3. The van der Waals surface area contributed by atoms with Crippen molar-refractivity contribution >= 4 is 0 Å². The molecule has 1 radical (unpaired) electrons. The van der Waals surface area contributed by atoms with Crippen molar-refractivity contribution in [3.05, 3.63) is 119 Å². The van der Waals surface area contributed by atoms with Crippen molar-refractivity contribution in [2.24, 2.45) is 0 Å². The summed E-state index contributed by atoms with van der Waals surface area (Å²) in [6, 6.07) is 35.3. The van der Waals surface area contributed by atoms with E-state index in [2.05, 4.69) is 104 Å². The van der Waals surface area contributed by atoms with E-state index in [1.165, 1.54) is 38.9 Å². The summed E-state index contributed by atoms with van der Waals surface area (Å²) in [5.41, 5.74) is 11.8. The van der Waals surface area contributed by atoms with Crippen LogP contribution in [0.25, 0.3) is 22.3 Å². The predicted molar refractivity (Wildman–Crippen MR) is 182 cm³/mol. The summed E-state index contributed by atoms with van der Waals surface area (Å²) in [4.78, 5) is 4.59. The maximum Gasteiger partial charge on any atom is 0.0233 e. The monoisotopic (exact) mass is 639 g/mol. The second-order valence-electron chi connectivity index (χ2n) is 9.44. The summed E-state index contributed by atoms with van der Waals surface area (Å²) in [6.45, 7) is 18.8. The molecule has 3 heteroatoms. The maximum atomic E-state index is 3.57. The summed E-state index contributed by atoms with van der Waals surface area (Å²) in [5, 5.41) is 0. The van der Waals surface area contributed by atoms with Crippen molar-refractivity contribution < 1.29 is 32.7 Å². The van der Waals surface area contributed by atoms with Gasteiger partial charge in [0.15, 0.2) is 0 Å². The van der Waals surface area contributed by atoms with Gasteiger partial charge in [-0.15, -0.1) is 17.7 Å². The van der Waals surface area contributed by atoms with E-state index in [4.69, 9.17) is 0 Å². The van der Waals surface area contributed by atoms with Crippen LogP contribution in [0.3, 0.4) is 0 Å². The van der Waals surface area contributed by atoms with Crippen molar-refractivity contribution in [2.45, 2.75) is 81.4 Å². The molecule has 1 aliphatic rings. The van der Waals surface area contributed by atoms with Crippen molar-refractivity contribution in [1.82, 2.24) is 9.80 Å².